The van der Waals surface area contributed by atoms with Crippen molar-refractivity contribution in [2.75, 3.05) is 24.7 Å². The molecule has 128 valence electrons. The van der Waals surface area contributed by atoms with Gasteiger partial charge in [-0.25, -0.2) is 0 Å². The molecule has 0 aromatic heterocycles. The fourth-order valence-corrected chi connectivity index (χ4v) is 2.95. The molecule has 0 radical (unpaired) electrons. The first-order valence-electron chi connectivity index (χ1n) is 7.63. The average molecular weight is 329 g/mol. The summed E-state index contributed by atoms with van der Waals surface area (Å²) in [5.41, 5.74) is 7.38. The second kappa shape index (κ2) is 6.68. The minimum atomic E-state index is -4.14. The number of alkyl halides is 3. The Kier molecular flexibility index (Phi) is 5.06. The summed E-state index contributed by atoms with van der Waals surface area (Å²) >= 11 is 0. The molecular weight excluding hydrogens is 307 g/mol. The van der Waals surface area contributed by atoms with Gasteiger partial charge in [-0.1, -0.05) is 0 Å². The molecule has 0 atom stereocenters. The molecule has 0 bridgehead atoms. The van der Waals surface area contributed by atoms with Crippen molar-refractivity contribution in [1.29, 1.82) is 0 Å². The SMILES string of the molecule is CN(C)c1ccc(N)cc1C(=O)NC1CCC(C(F)(F)F)CC1. The van der Waals surface area contributed by atoms with Crippen LogP contribution in [-0.2, 0) is 0 Å². The molecule has 0 spiro atoms. The summed E-state index contributed by atoms with van der Waals surface area (Å²) in [4.78, 5) is 14.3. The summed E-state index contributed by atoms with van der Waals surface area (Å²) in [6.45, 7) is 0. The highest BCUT2D eigenvalue weighted by molar-refractivity contribution is 6.00. The van der Waals surface area contributed by atoms with Crippen LogP contribution in [0, 0.1) is 5.92 Å². The van der Waals surface area contributed by atoms with Crippen LogP contribution in [-0.4, -0.2) is 32.2 Å². The molecule has 2 rings (SSSR count). The van der Waals surface area contributed by atoms with Crippen molar-refractivity contribution in [3.05, 3.63) is 23.8 Å². The Morgan fingerprint density at radius 1 is 1.22 bits per heavy atom. The zero-order valence-electron chi connectivity index (χ0n) is 13.3. The van der Waals surface area contributed by atoms with Gasteiger partial charge in [0.2, 0.25) is 0 Å². The van der Waals surface area contributed by atoms with E-state index < -0.39 is 12.1 Å². The highest BCUT2D eigenvalue weighted by Crippen LogP contribution is 2.37. The second-order valence-corrected chi connectivity index (χ2v) is 6.23. The van der Waals surface area contributed by atoms with Gasteiger partial charge in [-0.05, 0) is 43.9 Å². The predicted molar refractivity (Wildman–Crippen MR) is 84.4 cm³/mol. The van der Waals surface area contributed by atoms with Crippen molar-refractivity contribution in [2.24, 2.45) is 5.92 Å². The molecular formula is C16H22F3N3O. The molecule has 4 nitrogen and oxygen atoms in total. The molecule has 1 saturated carbocycles. The van der Waals surface area contributed by atoms with E-state index in [1.807, 2.05) is 14.1 Å². The van der Waals surface area contributed by atoms with E-state index in [-0.39, 0.29) is 24.8 Å². The zero-order valence-corrected chi connectivity index (χ0v) is 13.3. The number of rotatable bonds is 3. The Balaban J connectivity index is 2.02. The fourth-order valence-electron chi connectivity index (χ4n) is 2.95. The van der Waals surface area contributed by atoms with Gasteiger partial charge in [0.15, 0.2) is 0 Å². The number of nitrogens with zero attached hydrogens (tertiary/aromatic N) is 1. The number of nitrogens with one attached hydrogen (secondary N) is 1. The van der Waals surface area contributed by atoms with Crippen molar-refractivity contribution >= 4 is 17.3 Å². The summed E-state index contributed by atoms with van der Waals surface area (Å²) in [6.07, 6.45) is -3.33. The third-order valence-electron chi connectivity index (χ3n) is 4.27. The average Bonchev–Trinajstić information content (AvgIpc) is 2.46. The number of nitrogen functional groups attached to an aromatic ring is 1. The van der Waals surface area contributed by atoms with Crippen LogP contribution in [0.5, 0.6) is 0 Å². The highest BCUT2D eigenvalue weighted by Gasteiger charge is 2.41. The lowest BCUT2D eigenvalue weighted by Crippen LogP contribution is -2.40. The topological polar surface area (TPSA) is 58.4 Å². The number of carbonyl (C=O) groups is 1. The van der Waals surface area contributed by atoms with Crippen molar-refractivity contribution < 1.29 is 18.0 Å². The fraction of sp³-hybridized carbons (Fsp3) is 0.562. The van der Waals surface area contributed by atoms with Gasteiger partial charge in [0.1, 0.15) is 0 Å². The molecule has 0 heterocycles. The number of hydrogen-bond donors (Lipinski definition) is 2. The summed E-state index contributed by atoms with van der Waals surface area (Å²) in [5.74, 6) is -1.54. The largest absolute Gasteiger partial charge is 0.399 e. The lowest BCUT2D eigenvalue weighted by molar-refractivity contribution is -0.182. The van der Waals surface area contributed by atoms with Crippen LogP contribution in [0.2, 0.25) is 0 Å². The highest BCUT2D eigenvalue weighted by atomic mass is 19.4. The van der Waals surface area contributed by atoms with E-state index in [1.54, 1.807) is 23.1 Å². The van der Waals surface area contributed by atoms with Gasteiger partial charge in [0.05, 0.1) is 11.5 Å². The van der Waals surface area contributed by atoms with Crippen molar-refractivity contribution in [2.45, 2.75) is 37.9 Å². The van der Waals surface area contributed by atoms with E-state index in [0.29, 0.717) is 24.1 Å². The Morgan fingerprint density at radius 3 is 2.35 bits per heavy atom. The molecule has 0 unspecified atom stereocenters. The van der Waals surface area contributed by atoms with E-state index in [4.69, 9.17) is 5.73 Å². The summed E-state index contributed by atoms with van der Waals surface area (Å²) < 4.78 is 38.0. The minimum absolute atomic E-state index is 0.0614. The molecule has 7 heteroatoms. The summed E-state index contributed by atoms with van der Waals surface area (Å²) in [6, 6.07) is 4.83. The number of nitrogens with two attached hydrogens (primary N) is 1. The van der Waals surface area contributed by atoms with Crippen LogP contribution in [0.4, 0.5) is 24.5 Å². The first kappa shape index (κ1) is 17.4. The molecule has 1 amide bonds. The zero-order chi connectivity index (χ0) is 17.2. The number of hydrogen-bond acceptors (Lipinski definition) is 3. The number of benzene rings is 1. The number of carbonyl (C=O) groups excluding carboxylic acids is 1. The van der Waals surface area contributed by atoms with Crippen LogP contribution in [0.15, 0.2) is 18.2 Å². The van der Waals surface area contributed by atoms with Gasteiger partial charge in [0.25, 0.3) is 5.91 Å². The van der Waals surface area contributed by atoms with Crippen LogP contribution in [0.25, 0.3) is 0 Å². The third kappa shape index (κ3) is 4.30. The van der Waals surface area contributed by atoms with E-state index in [0.717, 1.165) is 5.69 Å². The molecule has 1 aliphatic carbocycles. The normalized spacial score (nSPS) is 21.8. The molecule has 1 aliphatic rings. The maximum absolute atomic E-state index is 12.7. The van der Waals surface area contributed by atoms with Gasteiger partial charge in [-0.2, -0.15) is 13.2 Å². The second-order valence-electron chi connectivity index (χ2n) is 6.23. The number of amides is 1. The standard InChI is InChI=1S/C16H22F3N3O/c1-22(2)14-8-5-11(20)9-13(14)15(23)21-12-6-3-10(4-7-12)16(17,18)19/h5,8-10,12H,3-4,6-7,20H2,1-2H3,(H,21,23). The lowest BCUT2D eigenvalue weighted by atomic mass is 9.85. The van der Waals surface area contributed by atoms with E-state index in [2.05, 4.69) is 5.32 Å². The van der Waals surface area contributed by atoms with Crippen LogP contribution < -0.4 is 16.0 Å². The van der Waals surface area contributed by atoms with E-state index in [9.17, 15) is 18.0 Å². The maximum Gasteiger partial charge on any atom is 0.391 e. The smallest absolute Gasteiger partial charge is 0.391 e. The van der Waals surface area contributed by atoms with Crippen molar-refractivity contribution in [1.82, 2.24) is 5.32 Å². The van der Waals surface area contributed by atoms with Crippen LogP contribution >= 0.6 is 0 Å². The minimum Gasteiger partial charge on any atom is -0.399 e. The van der Waals surface area contributed by atoms with Crippen LogP contribution in [0.3, 0.4) is 0 Å². The molecule has 0 saturated heterocycles. The molecule has 0 aliphatic heterocycles. The molecule has 1 aromatic rings. The maximum atomic E-state index is 12.7. The first-order valence-corrected chi connectivity index (χ1v) is 7.63. The quantitative estimate of drug-likeness (QED) is 0.838. The van der Waals surface area contributed by atoms with Gasteiger partial charge in [0, 0.05) is 31.5 Å². The van der Waals surface area contributed by atoms with E-state index >= 15 is 0 Å². The Hall–Kier alpha value is -1.92. The van der Waals surface area contributed by atoms with Gasteiger partial charge in [-0.3, -0.25) is 4.79 Å². The van der Waals surface area contributed by atoms with Crippen molar-refractivity contribution in [3.8, 4) is 0 Å². The lowest BCUT2D eigenvalue weighted by Gasteiger charge is -2.30. The molecule has 1 aromatic carbocycles. The predicted octanol–water partition coefficient (Wildman–Crippen LogP) is 3.19. The van der Waals surface area contributed by atoms with E-state index in [1.165, 1.54) is 0 Å². The van der Waals surface area contributed by atoms with Crippen molar-refractivity contribution in [3.63, 3.8) is 0 Å². The Bertz CT molecular complexity index is 564. The Labute approximate surface area is 133 Å². The van der Waals surface area contributed by atoms with Gasteiger partial charge < -0.3 is 16.0 Å². The molecule has 23 heavy (non-hydrogen) atoms. The monoisotopic (exact) mass is 329 g/mol. The number of halogens is 3. The Morgan fingerprint density at radius 2 is 1.83 bits per heavy atom. The number of anilines is 2. The third-order valence-corrected chi connectivity index (χ3v) is 4.27. The first-order chi connectivity index (χ1) is 10.7. The molecule has 1 fully saturated rings. The molecule has 3 N–H and O–H groups in total. The summed E-state index contributed by atoms with van der Waals surface area (Å²) in [5, 5.41) is 2.84. The van der Waals surface area contributed by atoms with Gasteiger partial charge in [-0.15, -0.1) is 0 Å². The van der Waals surface area contributed by atoms with Crippen LogP contribution in [0.1, 0.15) is 36.0 Å². The van der Waals surface area contributed by atoms with Gasteiger partial charge >= 0.3 is 6.18 Å². The summed E-state index contributed by atoms with van der Waals surface area (Å²) in [7, 11) is 3.63.